The van der Waals surface area contributed by atoms with Gasteiger partial charge in [-0.15, -0.1) is 11.8 Å². The molecule has 0 aliphatic heterocycles. The second kappa shape index (κ2) is 8.44. The maximum absolute atomic E-state index is 6.24. The molecule has 0 fully saturated rings. The second-order valence-corrected chi connectivity index (χ2v) is 10.2. The summed E-state index contributed by atoms with van der Waals surface area (Å²) < 4.78 is 2.91. The van der Waals surface area contributed by atoms with E-state index in [0.717, 1.165) is 37.5 Å². The van der Waals surface area contributed by atoms with Crippen LogP contribution in [0.1, 0.15) is 19.5 Å². The minimum Gasteiger partial charge on any atom is -0.261 e. The summed E-state index contributed by atoms with van der Waals surface area (Å²) >= 11 is 15.7. The molecule has 0 spiro atoms. The highest BCUT2D eigenvalue weighted by atomic mass is 35.5. The molecule has 0 saturated heterocycles. The molecule has 0 amide bonds. The fraction of sp³-hybridized carbons (Fsp3) is 0.200. The van der Waals surface area contributed by atoms with Crippen LogP contribution in [0.4, 0.5) is 0 Å². The summed E-state index contributed by atoms with van der Waals surface area (Å²) in [5.74, 6) is 0. The molecule has 29 heavy (non-hydrogen) atoms. The number of aromatic nitrogens is 5. The van der Waals surface area contributed by atoms with E-state index in [1.807, 2.05) is 25.3 Å². The third kappa shape index (κ3) is 4.33. The molecule has 3 aromatic heterocycles. The number of thiazole rings is 1. The molecule has 0 N–H and O–H groups in total. The molecule has 5 nitrogen and oxygen atoms in total. The standard InChI is InChI=1S/C20H17Cl2N5S2/c1-11(2)28-19-18(13-4-5-15(21)16(22)8-13)25-20(29-19)27-10-14(12(3)26-27)17-9-23-6-7-24-17/h4-11H,1-3H3. The van der Waals surface area contributed by atoms with Crippen LogP contribution >= 0.6 is 46.3 Å². The Labute approximate surface area is 187 Å². The maximum atomic E-state index is 6.24. The van der Waals surface area contributed by atoms with E-state index in [1.165, 1.54) is 0 Å². The molecule has 4 rings (SSSR count). The van der Waals surface area contributed by atoms with Crippen molar-refractivity contribution in [1.82, 2.24) is 24.7 Å². The highest BCUT2D eigenvalue weighted by Crippen LogP contribution is 2.41. The first-order valence-corrected chi connectivity index (χ1v) is 11.3. The lowest BCUT2D eigenvalue weighted by Crippen LogP contribution is -1.94. The van der Waals surface area contributed by atoms with Gasteiger partial charge >= 0.3 is 0 Å². The normalized spacial score (nSPS) is 11.4. The van der Waals surface area contributed by atoms with Crippen LogP contribution < -0.4 is 0 Å². The molecule has 0 unspecified atom stereocenters. The number of rotatable bonds is 5. The van der Waals surface area contributed by atoms with Crippen molar-refractivity contribution in [2.45, 2.75) is 30.2 Å². The second-order valence-electron chi connectivity index (χ2n) is 6.59. The zero-order valence-electron chi connectivity index (χ0n) is 15.9. The molecule has 0 aliphatic rings. The summed E-state index contributed by atoms with van der Waals surface area (Å²) in [5, 5.41) is 6.90. The zero-order valence-corrected chi connectivity index (χ0v) is 19.1. The monoisotopic (exact) mass is 461 g/mol. The number of halogens is 2. The maximum Gasteiger partial charge on any atom is 0.211 e. The molecule has 0 radical (unpaired) electrons. The van der Waals surface area contributed by atoms with E-state index in [2.05, 4.69) is 28.9 Å². The van der Waals surface area contributed by atoms with Gasteiger partial charge in [-0.1, -0.05) is 54.5 Å². The predicted octanol–water partition coefficient (Wildman–Crippen LogP) is 6.57. The minimum absolute atomic E-state index is 0.416. The van der Waals surface area contributed by atoms with Gasteiger partial charge in [-0.25, -0.2) is 9.67 Å². The van der Waals surface area contributed by atoms with E-state index >= 15 is 0 Å². The Balaban J connectivity index is 1.79. The van der Waals surface area contributed by atoms with Gasteiger partial charge in [0.1, 0.15) is 0 Å². The molecule has 0 bridgehead atoms. The molecular formula is C20H17Cl2N5S2. The lowest BCUT2D eigenvalue weighted by molar-refractivity contribution is 0.853. The minimum atomic E-state index is 0.416. The van der Waals surface area contributed by atoms with Gasteiger partial charge in [0.05, 0.1) is 37.5 Å². The van der Waals surface area contributed by atoms with Crippen molar-refractivity contribution in [3.63, 3.8) is 0 Å². The summed E-state index contributed by atoms with van der Waals surface area (Å²) in [6.45, 7) is 6.28. The van der Waals surface area contributed by atoms with E-state index in [-0.39, 0.29) is 0 Å². The van der Waals surface area contributed by atoms with Crippen LogP contribution in [0, 0.1) is 6.92 Å². The lowest BCUT2D eigenvalue weighted by atomic mass is 10.2. The number of aryl methyl sites for hydroxylation is 1. The summed E-state index contributed by atoms with van der Waals surface area (Å²) in [4.78, 5) is 13.4. The molecule has 4 aromatic rings. The molecular weight excluding hydrogens is 445 g/mol. The Morgan fingerprint density at radius 2 is 1.97 bits per heavy atom. The van der Waals surface area contributed by atoms with E-state index in [1.54, 1.807) is 52.4 Å². The topological polar surface area (TPSA) is 56.5 Å². The summed E-state index contributed by atoms with van der Waals surface area (Å²) in [6.07, 6.45) is 7.01. The Morgan fingerprint density at radius 3 is 2.66 bits per heavy atom. The Hall–Kier alpha value is -1.93. The highest BCUT2D eigenvalue weighted by molar-refractivity contribution is 8.01. The average Bonchev–Trinajstić information content (AvgIpc) is 3.28. The van der Waals surface area contributed by atoms with Gasteiger partial charge in [0.15, 0.2) is 0 Å². The van der Waals surface area contributed by atoms with Gasteiger partial charge in [0.25, 0.3) is 0 Å². The molecule has 0 aliphatic carbocycles. The largest absolute Gasteiger partial charge is 0.261 e. The van der Waals surface area contributed by atoms with Crippen LogP contribution in [0.15, 0.2) is 47.2 Å². The van der Waals surface area contributed by atoms with Crippen LogP contribution in [0.25, 0.3) is 27.6 Å². The Kier molecular flexibility index (Phi) is 5.92. The van der Waals surface area contributed by atoms with Crippen LogP contribution in [0.3, 0.4) is 0 Å². The lowest BCUT2D eigenvalue weighted by Gasteiger charge is -2.05. The van der Waals surface area contributed by atoms with Gasteiger partial charge in [0.2, 0.25) is 5.13 Å². The van der Waals surface area contributed by atoms with Crippen molar-refractivity contribution in [2.24, 2.45) is 0 Å². The van der Waals surface area contributed by atoms with Crippen molar-refractivity contribution < 1.29 is 0 Å². The van der Waals surface area contributed by atoms with Gasteiger partial charge < -0.3 is 0 Å². The van der Waals surface area contributed by atoms with Gasteiger partial charge in [-0.05, 0) is 19.1 Å². The van der Waals surface area contributed by atoms with E-state index in [4.69, 9.17) is 28.2 Å². The third-order valence-electron chi connectivity index (χ3n) is 4.05. The van der Waals surface area contributed by atoms with Crippen LogP contribution in [0.5, 0.6) is 0 Å². The van der Waals surface area contributed by atoms with Crippen LogP contribution in [0.2, 0.25) is 10.0 Å². The molecule has 9 heteroatoms. The predicted molar refractivity (Wildman–Crippen MR) is 121 cm³/mol. The summed E-state index contributed by atoms with van der Waals surface area (Å²) in [7, 11) is 0. The van der Waals surface area contributed by atoms with Crippen LogP contribution in [-0.4, -0.2) is 30.0 Å². The molecule has 0 atom stereocenters. The number of nitrogens with zero attached hydrogens (tertiary/aromatic N) is 5. The van der Waals surface area contributed by atoms with Crippen LogP contribution in [-0.2, 0) is 0 Å². The Bertz CT molecular complexity index is 1160. The summed E-state index contributed by atoms with van der Waals surface area (Å²) in [5.41, 5.74) is 4.41. The van der Waals surface area contributed by atoms with Crippen molar-refractivity contribution in [2.75, 3.05) is 0 Å². The fourth-order valence-electron chi connectivity index (χ4n) is 2.76. The smallest absolute Gasteiger partial charge is 0.211 e. The fourth-order valence-corrected chi connectivity index (χ4v) is 5.51. The third-order valence-corrected chi connectivity index (χ3v) is 7.05. The van der Waals surface area contributed by atoms with Crippen molar-refractivity contribution in [3.05, 3.63) is 58.7 Å². The van der Waals surface area contributed by atoms with E-state index in [9.17, 15) is 0 Å². The number of benzene rings is 1. The van der Waals surface area contributed by atoms with Gasteiger partial charge in [0, 0.05) is 35.0 Å². The molecule has 3 heterocycles. The van der Waals surface area contributed by atoms with Crippen molar-refractivity contribution in [1.29, 1.82) is 0 Å². The first kappa shape index (κ1) is 20.3. The van der Waals surface area contributed by atoms with Gasteiger partial charge in [-0.3, -0.25) is 9.97 Å². The van der Waals surface area contributed by atoms with E-state index in [0.29, 0.717) is 15.3 Å². The molecule has 1 aromatic carbocycles. The summed E-state index contributed by atoms with van der Waals surface area (Å²) in [6, 6.07) is 5.59. The molecule has 0 saturated carbocycles. The number of thioether (sulfide) groups is 1. The highest BCUT2D eigenvalue weighted by Gasteiger charge is 2.19. The zero-order chi connectivity index (χ0) is 20.5. The SMILES string of the molecule is Cc1nn(-c2nc(-c3ccc(Cl)c(Cl)c3)c(SC(C)C)s2)cc1-c1cnccn1. The quantitative estimate of drug-likeness (QED) is 0.314. The number of hydrogen-bond donors (Lipinski definition) is 0. The average molecular weight is 462 g/mol. The van der Waals surface area contributed by atoms with E-state index < -0.39 is 0 Å². The van der Waals surface area contributed by atoms with Crippen molar-refractivity contribution in [3.8, 4) is 27.6 Å². The van der Waals surface area contributed by atoms with Crippen molar-refractivity contribution >= 4 is 46.3 Å². The first-order chi connectivity index (χ1) is 13.9. The Morgan fingerprint density at radius 1 is 1.14 bits per heavy atom. The molecule has 148 valence electrons. The number of hydrogen-bond acceptors (Lipinski definition) is 6. The van der Waals surface area contributed by atoms with Gasteiger partial charge in [-0.2, -0.15) is 5.10 Å². The first-order valence-electron chi connectivity index (χ1n) is 8.88.